The second-order valence-corrected chi connectivity index (χ2v) is 2.36. The third kappa shape index (κ3) is 1.57. The van der Waals surface area contributed by atoms with E-state index in [4.69, 9.17) is 0 Å². The minimum Gasteiger partial charge on any atom is -0.407 e. The highest BCUT2D eigenvalue weighted by molar-refractivity contribution is 5.01. The van der Waals surface area contributed by atoms with Gasteiger partial charge in [0.2, 0.25) is 0 Å². The molecule has 0 radical (unpaired) electrons. The van der Waals surface area contributed by atoms with Gasteiger partial charge in [0, 0.05) is 0 Å². The fourth-order valence-electron chi connectivity index (χ4n) is 0.690. The van der Waals surface area contributed by atoms with Crippen LogP contribution in [0.25, 0.3) is 0 Å². The Morgan fingerprint density at radius 2 is 1.47 bits per heavy atom. The molecule has 0 aromatic carbocycles. The van der Waals surface area contributed by atoms with Crippen LogP contribution in [-0.2, 0) is 9.47 Å². The van der Waals surface area contributed by atoms with E-state index in [2.05, 4.69) is 9.47 Å². The SMILES string of the molecule is FC(F)=C1OC(F)(F)[C@@](F)(C(F)(F)F)O1. The Kier molecular flexibility index (Phi) is 2.28. The molecule has 0 bridgehead atoms. The van der Waals surface area contributed by atoms with Gasteiger partial charge in [-0.25, -0.2) is 0 Å². The van der Waals surface area contributed by atoms with E-state index in [1.807, 2.05) is 0 Å². The average Bonchev–Trinajstić information content (AvgIpc) is 2.23. The summed E-state index contributed by atoms with van der Waals surface area (Å²) in [5.74, 6) is -8.10. The lowest BCUT2D eigenvalue weighted by Crippen LogP contribution is -2.53. The molecular formula is C5F8O2. The first-order valence-corrected chi connectivity index (χ1v) is 3.08. The first kappa shape index (κ1) is 11.9. The maximum Gasteiger partial charge on any atom is 0.483 e. The zero-order valence-electron chi connectivity index (χ0n) is 6.34. The number of ether oxygens (including phenoxy) is 2. The summed E-state index contributed by atoms with van der Waals surface area (Å²) >= 11 is 0. The van der Waals surface area contributed by atoms with Gasteiger partial charge in [0.25, 0.3) is 0 Å². The number of rotatable bonds is 0. The van der Waals surface area contributed by atoms with E-state index in [1.165, 1.54) is 0 Å². The molecule has 1 fully saturated rings. The van der Waals surface area contributed by atoms with E-state index < -0.39 is 30.2 Å². The van der Waals surface area contributed by atoms with Crippen molar-refractivity contribution in [3.63, 3.8) is 0 Å². The van der Waals surface area contributed by atoms with Crippen molar-refractivity contribution in [3.8, 4) is 0 Å². The molecule has 88 valence electrons. The van der Waals surface area contributed by atoms with E-state index in [-0.39, 0.29) is 0 Å². The van der Waals surface area contributed by atoms with Crippen LogP contribution < -0.4 is 0 Å². The zero-order valence-corrected chi connectivity index (χ0v) is 6.34. The highest BCUT2D eigenvalue weighted by Crippen LogP contribution is 2.53. The van der Waals surface area contributed by atoms with Gasteiger partial charge in [-0.1, -0.05) is 0 Å². The number of hydrogen-bond donors (Lipinski definition) is 0. The smallest absolute Gasteiger partial charge is 0.407 e. The van der Waals surface area contributed by atoms with Crippen LogP contribution in [0.15, 0.2) is 12.0 Å². The van der Waals surface area contributed by atoms with Gasteiger partial charge in [-0.3, -0.25) is 0 Å². The predicted octanol–water partition coefficient (Wildman–Crippen LogP) is 2.92. The number of alkyl halides is 6. The second-order valence-electron chi connectivity index (χ2n) is 2.36. The third-order valence-corrected chi connectivity index (χ3v) is 1.35. The molecule has 1 rings (SSSR count). The quantitative estimate of drug-likeness (QED) is 0.610. The van der Waals surface area contributed by atoms with Gasteiger partial charge in [-0.15, -0.1) is 0 Å². The summed E-state index contributed by atoms with van der Waals surface area (Å²) in [5.41, 5.74) is 0. The van der Waals surface area contributed by atoms with Crippen LogP contribution in [0.5, 0.6) is 0 Å². The first-order valence-electron chi connectivity index (χ1n) is 3.08. The van der Waals surface area contributed by atoms with Crippen molar-refractivity contribution in [1.82, 2.24) is 0 Å². The van der Waals surface area contributed by atoms with E-state index in [1.54, 1.807) is 0 Å². The Morgan fingerprint density at radius 1 is 1.00 bits per heavy atom. The molecule has 0 spiro atoms. The summed E-state index contributed by atoms with van der Waals surface area (Å²) in [7, 11) is 0. The first-order chi connectivity index (χ1) is 6.51. The highest BCUT2D eigenvalue weighted by Gasteiger charge is 2.81. The Balaban J connectivity index is 3.18. The molecule has 1 saturated heterocycles. The topological polar surface area (TPSA) is 18.5 Å². The highest BCUT2D eigenvalue weighted by atomic mass is 19.4. The van der Waals surface area contributed by atoms with Crippen LogP contribution in [0.1, 0.15) is 0 Å². The van der Waals surface area contributed by atoms with Gasteiger partial charge in [-0.2, -0.15) is 35.1 Å². The second kappa shape index (κ2) is 2.89. The molecule has 0 amide bonds. The molecule has 0 N–H and O–H groups in total. The molecule has 0 saturated carbocycles. The van der Waals surface area contributed by atoms with Crippen LogP contribution in [0.4, 0.5) is 35.1 Å². The molecule has 1 atom stereocenters. The van der Waals surface area contributed by atoms with E-state index in [0.29, 0.717) is 0 Å². The van der Waals surface area contributed by atoms with Gasteiger partial charge in [0.1, 0.15) is 0 Å². The molecule has 10 heteroatoms. The lowest BCUT2D eigenvalue weighted by Gasteiger charge is -2.23. The summed E-state index contributed by atoms with van der Waals surface area (Å²) < 4.78 is 101. The molecule has 0 aliphatic carbocycles. The summed E-state index contributed by atoms with van der Waals surface area (Å²) in [6, 6.07) is 0. The molecule has 1 heterocycles. The third-order valence-electron chi connectivity index (χ3n) is 1.35. The average molecular weight is 244 g/mol. The molecule has 1 aliphatic rings. The lowest BCUT2D eigenvalue weighted by molar-refractivity contribution is -0.393. The minimum atomic E-state index is -6.21. The van der Waals surface area contributed by atoms with E-state index in [0.717, 1.165) is 0 Å². The van der Waals surface area contributed by atoms with Crippen LogP contribution in [-0.4, -0.2) is 18.1 Å². The summed E-state index contributed by atoms with van der Waals surface area (Å²) in [6.45, 7) is 0. The van der Waals surface area contributed by atoms with Gasteiger partial charge in [0.05, 0.1) is 0 Å². The van der Waals surface area contributed by atoms with Crippen molar-refractivity contribution in [1.29, 1.82) is 0 Å². The Bertz CT molecular complexity index is 303. The van der Waals surface area contributed by atoms with E-state index in [9.17, 15) is 35.1 Å². The van der Waals surface area contributed by atoms with Crippen LogP contribution in [0.3, 0.4) is 0 Å². The van der Waals surface area contributed by atoms with Crippen molar-refractivity contribution in [2.45, 2.75) is 18.1 Å². The molecule has 0 aromatic rings. The van der Waals surface area contributed by atoms with Crippen LogP contribution in [0.2, 0.25) is 0 Å². The van der Waals surface area contributed by atoms with Crippen molar-refractivity contribution < 1.29 is 44.6 Å². The Hall–Kier alpha value is -1.22. The normalized spacial score (nSPS) is 29.7. The van der Waals surface area contributed by atoms with Gasteiger partial charge >= 0.3 is 30.2 Å². The summed E-state index contributed by atoms with van der Waals surface area (Å²) in [4.78, 5) is 0. The van der Waals surface area contributed by atoms with Crippen molar-refractivity contribution in [2.24, 2.45) is 0 Å². The standard InChI is InChI=1S/C5F8O2/c6-1(7)2-14-3(8,4(9,10)11)5(12,13)15-2/t3-/m1/s1. The van der Waals surface area contributed by atoms with Crippen molar-refractivity contribution in [2.75, 3.05) is 0 Å². The molecule has 15 heavy (non-hydrogen) atoms. The summed E-state index contributed by atoms with van der Waals surface area (Å²) in [6.07, 6.45) is -14.9. The van der Waals surface area contributed by atoms with Crippen molar-refractivity contribution >= 4 is 0 Å². The van der Waals surface area contributed by atoms with Crippen LogP contribution in [0, 0.1) is 0 Å². The molecule has 1 aliphatic heterocycles. The van der Waals surface area contributed by atoms with Crippen LogP contribution >= 0.6 is 0 Å². The maximum absolute atomic E-state index is 12.6. The van der Waals surface area contributed by atoms with E-state index >= 15 is 0 Å². The molecular weight excluding hydrogens is 244 g/mol. The maximum atomic E-state index is 12.6. The minimum absolute atomic E-state index is 2.49. The molecule has 2 nitrogen and oxygen atoms in total. The summed E-state index contributed by atoms with van der Waals surface area (Å²) in [5, 5.41) is 0. The number of halogens is 8. The van der Waals surface area contributed by atoms with Crippen molar-refractivity contribution in [3.05, 3.63) is 12.0 Å². The molecule has 0 unspecified atom stereocenters. The van der Waals surface area contributed by atoms with Gasteiger partial charge < -0.3 is 9.47 Å². The zero-order chi connectivity index (χ0) is 12.1. The largest absolute Gasteiger partial charge is 0.483 e. The van der Waals surface area contributed by atoms with Gasteiger partial charge in [-0.05, 0) is 0 Å². The molecule has 0 aromatic heterocycles. The fraction of sp³-hybridized carbons (Fsp3) is 0.600. The fourth-order valence-corrected chi connectivity index (χ4v) is 0.690. The Morgan fingerprint density at radius 3 is 1.67 bits per heavy atom. The number of hydrogen-bond acceptors (Lipinski definition) is 2. The Labute approximate surface area is 76.1 Å². The predicted molar refractivity (Wildman–Crippen MR) is 26.3 cm³/mol. The lowest BCUT2D eigenvalue weighted by atomic mass is 10.3. The van der Waals surface area contributed by atoms with Gasteiger partial charge in [0.15, 0.2) is 0 Å². The monoisotopic (exact) mass is 244 g/mol.